The summed E-state index contributed by atoms with van der Waals surface area (Å²) in [5.74, 6) is 2.99. The smallest absolute Gasteiger partial charge is 0.322 e. The molecule has 2 N–H and O–H groups in total. The summed E-state index contributed by atoms with van der Waals surface area (Å²) in [6.45, 7) is 0.534. The Morgan fingerprint density at radius 3 is 2.79 bits per heavy atom. The molecule has 0 spiro atoms. The van der Waals surface area contributed by atoms with Crippen molar-refractivity contribution in [1.29, 1.82) is 0 Å². The third-order valence-electron chi connectivity index (χ3n) is 5.60. The highest BCUT2D eigenvalue weighted by Gasteiger charge is 2.53. The predicted molar refractivity (Wildman–Crippen MR) is 116 cm³/mol. The van der Waals surface area contributed by atoms with E-state index in [2.05, 4.69) is 27.5 Å². The van der Waals surface area contributed by atoms with E-state index in [4.69, 9.17) is 9.15 Å². The maximum absolute atomic E-state index is 14.9. The molecule has 2 aliphatic rings. The van der Waals surface area contributed by atoms with E-state index < -0.39 is 35.9 Å². The number of hydrogen-bond acceptors (Lipinski definition) is 6. The SMILES string of the molecule is CC#Cc1cc([C@]2(CN3CCc4ccc(OC)c(F)c4C3=O)NC(=O)NC2=O)oc1/N=C\CF. The standard InChI is InChI=1S/C23H20F2N4O5/c1-3-4-14-11-16(34-19(14)26-9-8-24)23(21(31)27-22(32)28-23)12-29-10-7-13-5-6-15(33-2)18(25)17(13)20(29)30/h5-6,9,11H,7-8,10,12H2,1-2H3,(H2,27,28,31,32)/b26-9-/t23-/m0/s1. The Balaban J connectivity index is 1.76. The molecule has 3 heterocycles. The van der Waals surface area contributed by atoms with Gasteiger partial charge in [0, 0.05) is 18.8 Å². The molecule has 1 aromatic carbocycles. The number of nitrogens with one attached hydrogen (secondary N) is 2. The Morgan fingerprint density at radius 2 is 2.15 bits per heavy atom. The van der Waals surface area contributed by atoms with Crippen LogP contribution in [0, 0.1) is 17.7 Å². The van der Waals surface area contributed by atoms with E-state index in [0.29, 0.717) is 12.0 Å². The molecule has 11 heteroatoms. The molecular weight excluding hydrogens is 450 g/mol. The quantitative estimate of drug-likeness (QED) is 0.382. The number of alkyl halides is 1. The van der Waals surface area contributed by atoms with Crippen molar-refractivity contribution in [1.82, 2.24) is 15.5 Å². The number of benzene rings is 1. The molecule has 0 saturated carbocycles. The van der Waals surface area contributed by atoms with Gasteiger partial charge in [0.1, 0.15) is 12.4 Å². The minimum Gasteiger partial charge on any atom is -0.494 e. The van der Waals surface area contributed by atoms with Crippen molar-refractivity contribution in [3.8, 4) is 17.6 Å². The van der Waals surface area contributed by atoms with Gasteiger partial charge in [-0.25, -0.2) is 18.6 Å². The van der Waals surface area contributed by atoms with Crippen molar-refractivity contribution in [3.63, 3.8) is 0 Å². The maximum Gasteiger partial charge on any atom is 0.322 e. The number of hydrogen-bond donors (Lipinski definition) is 2. The van der Waals surface area contributed by atoms with Crippen LogP contribution in [0.1, 0.15) is 34.2 Å². The summed E-state index contributed by atoms with van der Waals surface area (Å²) in [5.41, 5.74) is -1.21. The minimum absolute atomic E-state index is 0.0516. The lowest BCUT2D eigenvalue weighted by Gasteiger charge is -2.34. The van der Waals surface area contributed by atoms with Crippen LogP contribution in [-0.4, -0.2) is 55.8 Å². The number of fused-ring (bicyclic) bond motifs is 1. The van der Waals surface area contributed by atoms with Crippen LogP contribution in [0.15, 0.2) is 27.6 Å². The van der Waals surface area contributed by atoms with E-state index in [1.54, 1.807) is 13.0 Å². The second kappa shape index (κ2) is 8.97. The third-order valence-corrected chi connectivity index (χ3v) is 5.60. The average Bonchev–Trinajstić information content (AvgIpc) is 3.34. The van der Waals surface area contributed by atoms with Crippen LogP contribution in [0.3, 0.4) is 0 Å². The number of imide groups is 1. The summed E-state index contributed by atoms with van der Waals surface area (Å²) in [7, 11) is 1.29. The van der Waals surface area contributed by atoms with Crippen molar-refractivity contribution >= 4 is 29.9 Å². The Morgan fingerprint density at radius 1 is 1.35 bits per heavy atom. The molecule has 1 aromatic heterocycles. The number of amides is 4. The number of furan rings is 1. The number of ether oxygens (including phenoxy) is 1. The maximum atomic E-state index is 14.9. The zero-order chi connectivity index (χ0) is 24.5. The first-order chi connectivity index (χ1) is 16.3. The number of aliphatic imine (C=N–C) groups is 1. The summed E-state index contributed by atoms with van der Waals surface area (Å²) in [4.78, 5) is 43.5. The number of urea groups is 1. The lowest BCUT2D eigenvalue weighted by atomic mass is 9.92. The molecule has 4 rings (SSSR count). The monoisotopic (exact) mass is 470 g/mol. The summed E-state index contributed by atoms with van der Waals surface area (Å²) in [6, 6.07) is 3.67. The van der Waals surface area contributed by atoms with Crippen molar-refractivity contribution in [2.24, 2.45) is 4.99 Å². The van der Waals surface area contributed by atoms with Gasteiger partial charge in [-0.3, -0.25) is 14.9 Å². The fraction of sp³-hybridized carbons (Fsp3) is 0.304. The highest BCUT2D eigenvalue weighted by atomic mass is 19.1. The molecule has 1 saturated heterocycles. The summed E-state index contributed by atoms with van der Waals surface area (Å²) >= 11 is 0. The molecule has 0 radical (unpaired) electrons. The van der Waals surface area contributed by atoms with Gasteiger partial charge in [0.25, 0.3) is 11.8 Å². The number of nitrogens with zero attached hydrogens (tertiary/aromatic N) is 2. The highest BCUT2D eigenvalue weighted by Crippen LogP contribution is 2.35. The van der Waals surface area contributed by atoms with Crippen LogP contribution in [0.2, 0.25) is 0 Å². The number of halogens is 2. The van der Waals surface area contributed by atoms with Crippen LogP contribution in [0.25, 0.3) is 0 Å². The number of carbonyl (C=O) groups excluding carboxylic acids is 3. The van der Waals surface area contributed by atoms with E-state index >= 15 is 0 Å². The topological polar surface area (TPSA) is 113 Å². The average molecular weight is 470 g/mol. The third kappa shape index (κ3) is 3.77. The number of methoxy groups -OCH3 is 1. The fourth-order valence-electron chi connectivity index (χ4n) is 4.03. The van der Waals surface area contributed by atoms with Gasteiger partial charge in [0.15, 0.2) is 17.1 Å². The lowest BCUT2D eigenvalue weighted by Crippen LogP contribution is -2.55. The second-order valence-corrected chi connectivity index (χ2v) is 7.58. The first-order valence-corrected chi connectivity index (χ1v) is 10.3. The molecule has 1 atom stereocenters. The van der Waals surface area contributed by atoms with E-state index in [1.807, 2.05) is 0 Å². The van der Waals surface area contributed by atoms with Crippen LogP contribution >= 0.6 is 0 Å². The van der Waals surface area contributed by atoms with Gasteiger partial charge in [0.2, 0.25) is 5.88 Å². The molecule has 4 amide bonds. The molecule has 34 heavy (non-hydrogen) atoms. The summed E-state index contributed by atoms with van der Waals surface area (Å²) in [5, 5.41) is 4.67. The number of carbonyl (C=O) groups is 3. The van der Waals surface area contributed by atoms with Gasteiger partial charge in [0.05, 0.1) is 24.8 Å². The highest BCUT2D eigenvalue weighted by molar-refractivity contribution is 6.08. The van der Waals surface area contributed by atoms with Crippen molar-refractivity contribution in [2.75, 3.05) is 26.9 Å². The summed E-state index contributed by atoms with van der Waals surface area (Å²) < 4.78 is 38.2. The lowest BCUT2D eigenvalue weighted by molar-refractivity contribution is -0.125. The first kappa shape index (κ1) is 23.0. The second-order valence-electron chi connectivity index (χ2n) is 7.58. The van der Waals surface area contributed by atoms with E-state index in [1.165, 1.54) is 24.1 Å². The van der Waals surface area contributed by atoms with Gasteiger partial charge >= 0.3 is 6.03 Å². The van der Waals surface area contributed by atoms with Gasteiger partial charge in [-0.1, -0.05) is 12.0 Å². The zero-order valence-corrected chi connectivity index (χ0v) is 18.3. The van der Waals surface area contributed by atoms with Gasteiger partial charge in [-0.15, -0.1) is 5.92 Å². The van der Waals surface area contributed by atoms with E-state index in [-0.39, 0.29) is 41.6 Å². The Hall–Kier alpha value is -4.20. The molecule has 2 aromatic rings. The van der Waals surface area contributed by atoms with Crippen molar-refractivity contribution in [2.45, 2.75) is 18.9 Å². The Bertz CT molecular complexity index is 1280. The van der Waals surface area contributed by atoms with Crippen LogP contribution in [0.5, 0.6) is 5.75 Å². The van der Waals surface area contributed by atoms with Crippen molar-refractivity contribution in [3.05, 3.63) is 46.5 Å². The molecule has 1 fully saturated rings. The summed E-state index contributed by atoms with van der Waals surface area (Å²) in [6.07, 6.45) is 1.29. The van der Waals surface area contributed by atoms with E-state index in [0.717, 1.165) is 6.21 Å². The molecule has 0 aliphatic carbocycles. The van der Waals surface area contributed by atoms with Crippen LogP contribution in [0.4, 0.5) is 19.5 Å². The zero-order valence-electron chi connectivity index (χ0n) is 18.3. The largest absolute Gasteiger partial charge is 0.494 e. The first-order valence-electron chi connectivity index (χ1n) is 10.3. The Kier molecular flexibility index (Phi) is 6.06. The van der Waals surface area contributed by atoms with E-state index in [9.17, 15) is 23.2 Å². The molecular formula is C23H20F2N4O5. The number of rotatable bonds is 6. The van der Waals surface area contributed by atoms with Crippen molar-refractivity contribution < 1.29 is 32.3 Å². The predicted octanol–water partition coefficient (Wildman–Crippen LogP) is 2.20. The van der Waals surface area contributed by atoms with Crippen LogP contribution < -0.4 is 15.4 Å². The van der Waals surface area contributed by atoms with Gasteiger partial charge < -0.3 is 19.4 Å². The molecule has 9 nitrogen and oxygen atoms in total. The molecule has 0 unspecified atom stereocenters. The van der Waals surface area contributed by atoms with Gasteiger partial charge in [-0.2, -0.15) is 0 Å². The molecule has 176 valence electrons. The minimum atomic E-state index is -1.83. The fourth-order valence-corrected chi connectivity index (χ4v) is 4.03. The molecule has 2 aliphatic heterocycles. The normalized spacial score (nSPS) is 19.5. The van der Waals surface area contributed by atoms with Gasteiger partial charge in [-0.05, 0) is 25.0 Å². The Labute approximate surface area is 193 Å². The molecule has 0 bridgehead atoms. The van der Waals surface area contributed by atoms with Crippen LogP contribution in [-0.2, 0) is 16.8 Å².